The summed E-state index contributed by atoms with van der Waals surface area (Å²) in [6, 6.07) is 4.24. The first-order valence-corrected chi connectivity index (χ1v) is 7.13. The summed E-state index contributed by atoms with van der Waals surface area (Å²) in [7, 11) is 3.10. The lowest BCUT2D eigenvalue weighted by atomic mass is 10.1. The van der Waals surface area contributed by atoms with Crippen LogP contribution in [0, 0.1) is 5.82 Å². The Morgan fingerprint density at radius 2 is 2.10 bits per heavy atom. The van der Waals surface area contributed by atoms with Gasteiger partial charge in [-0.2, -0.15) is 0 Å². The monoisotopic (exact) mass is 297 g/mol. The molecule has 0 saturated carbocycles. The van der Waals surface area contributed by atoms with E-state index in [0.29, 0.717) is 18.9 Å². The van der Waals surface area contributed by atoms with E-state index in [1.807, 2.05) is 4.90 Å². The molecule has 0 aromatic heterocycles. The molecule has 0 radical (unpaired) electrons. The molecule has 0 fully saturated rings. The zero-order valence-corrected chi connectivity index (χ0v) is 13.2. The molecular weight excluding hydrogens is 273 g/mol. The minimum Gasteiger partial charge on any atom is -0.496 e. The smallest absolute Gasteiger partial charge is 0.180 e. The average molecular weight is 297 g/mol. The molecule has 1 rings (SSSR count). The molecule has 0 saturated heterocycles. The molecule has 0 amide bonds. The number of nitrogens with zero attached hydrogens (tertiary/aromatic N) is 1. The molecule has 118 valence electrons. The van der Waals surface area contributed by atoms with Crippen LogP contribution < -0.4 is 4.74 Å². The highest BCUT2D eigenvalue weighted by molar-refractivity contribution is 6.00. The Balaban J connectivity index is 2.88. The van der Waals surface area contributed by atoms with E-state index in [-0.39, 0.29) is 23.9 Å². The molecule has 0 aliphatic rings. The molecule has 1 aromatic rings. The van der Waals surface area contributed by atoms with Crippen LogP contribution in [-0.2, 0) is 4.74 Å². The number of carbonyl (C=O) groups is 1. The van der Waals surface area contributed by atoms with Gasteiger partial charge in [0.05, 0.1) is 25.8 Å². The second-order valence-electron chi connectivity index (χ2n) is 4.99. The highest BCUT2D eigenvalue weighted by Crippen LogP contribution is 2.20. The number of hydrogen-bond donors (Lipinski definition) is 0. The van der Waals surface area contributed by atoms with Crippen LogP contribution in [0.4, 0.5) is 4.39 Å². The lowest BCUT2D eigenvalue weighted by Gasteiger charge is -2.27. The van der Waals surface area contributed by atoms with Crippen LogP contribution in [-0.4, -0.2) is 50.6 Å². The number of hydrogen-bond acceptors (Lipinski definition) is 4. The molecule has 1 atom stereocenters. The molecule has 1 aromatic carbocycles. The Hall–Kier alpha value is -1.46. The maximum Gasteiger partial charge on any atom is 0.180 e. The summed E-state index contributed by atoms with van der Waals surface area (Å²) in [5.41, 5.74) is 0.281. The maximum atomic E-state index is 13.4. The first-order valence-electron chi connectivity index (χ1n) is 7.13. The van der Waals surface area contributed by atoms with Crippen LogP contribution in [0.2, 0.25) is 0 Å². The Bertz CT molecular complexity index is 465. The summed E-state index contributed by atoms with van der Waals surface area (Å²) in [5, 5.41) is 0. The van der Waals surface area contributed by atoms with Gasteiger partial charge in [-0.1, -0.05) is 6.92 Å². The Morgan fingerprint density at radius 3 is 2.67 bits per heavy atom. The second-order valence-corrected chi connectivity index (χ2v) is 4.99. The third-order valence-electron chi connectivity index (χ3n) is 3.61. The number of halogens is 1. The lowest BCUT2D eigenvalue weighted by molar-refractivity contribution is 0.0831. The SMILES string of the molecule is CCC(C)N(CCOC)CC(=O)c1cc(F)ccc1OC. The van der Waals surface area contributed by atoms with Gasteiger partial charge in [0.15, 0.2) is 5.78 Å². The van der Waals surface area contributed by atoms with Crippen LogP contribution in [0.5, 0.6) is 5.75 Å². The minimum atomic E-state index is -0.439. The van der Waals surface area contributed by atoms with Crippen LogP contribution in [0.25, 0.3) is 0 Å². The van der Waals surface area contributed by atoms with E-state index in [9.17, 15) is 9.18 Å². The van der Waals surface area contributed by atoms with Crippen LogP contribution >= 0.6 is 0 Å². The summed E-state index contributed by atoms with van der Waals surface area (Å²) >= 11 is 0. The Labute approximate surface area is 125 Å². The largest absolute Gasteiger partial charge is 0.496 e. The van der Waals surface area contributed by atoms with E-state index in [1.165, 1.54) is 25.3 Å². The molecule has 4 nitrogen and oxygen atoms in total. The average Bonchev–Trinajstić information content (AvgIpc) is 2.50. The zero-order valence-electron chi connectivity index (χ0n) is 13.2. The van der Waals surface area contributed by atoms with Gasteiger partial charge >= 0.3 is 0 Å². The van der Waals surface area contributed by atoms with Crippen molar-refractivity contribution in [1.29, 1.82) is 0 Å². The molecule has 0 spiro atoms. The number of ketones is 1. The highest BCUT2D eigenvalue weighted by atomic mass is 19.1. The molecule has 21 heavy (non-hydrogen) atoms. The van der Waals surface area contributed by atoms with Gasteiger partial charge in [0.2, 0.25) is 0 Å². The van der Waals surface area contributed by atoms with E-state index in [2.05, 4.69) is 13.8 Å². The lowest BCUT2D eigenvalue weighted by Crippen LogP contribution is -2.39. The molecule has 0 bridgehead atoms. The standard InChI is InChI=1S/C16H24FNO3/c1-5-12(2)18(8-9-20-3)11-15(19)14-10-13(17)6-7-16(14)21-4/h6-7,10,12H,5,8-9,11H2,1-4H3. The van der Waals surface area contributed by atoms with Crippen LogP contribution in [0.3, 0.4) is 0 Å². The van der Waals surface area contributed by atoms with Gasteiger partial charge in [-0.05, 0) is 31.5 Å². The van der Waals surface area contributed by atoms with Gasteiger partial charge < -0.3 is 9.47 Å². The first-order chi connectivity index (χ1) is 10.0. The minimum absolute atomic E-state index is 0.150. The van der Waals surface area contributed by atoms with Crippen LogP contribution in [0.1, 0.15) is 30.6 Å². The summed E-state index contributed by atoms with van der Waals surface area (Å²) in [5.74, 6) is -0.189. The van der Waals surface area contributed by atoms with Crippen molar-refractivity contribution in [2.75, 3.05) is 33.9 Å². The molecule has 0 N–H and O–H groups in total. The highest BCUT2D eigenvalue weighted by Gasteiger charge is 2.20. The number of Topliss-reactive ketones (excluding diaryl/α,β-unsaturated/α-hetero) is 1. The van der Waals surface area contributed by atoms with E-state index < -0.39 is 5.82 Å². The molecule has 0 heterocycles. The van der Waals surface area contributed by atoms with Crippen molar-refractivity contribution >= 4 is 5.78 Å². The van der Waals surface area contributed by atoms with Crippen molar-refractivity contribution < 1.29 is 18.7 Å². The van der Waals surface area contributed by atoms with Crippen molar-refractivity contribution in [3.8, 4) is 5.75 Å². The number of benzene rings is 1. The summed E-state index contributed by atoms with van der Waals surface area (Å²) in [6.45, 7) is 5.56. The molecule has 5 heteroatoms. The number of methoxy groups -OCH3 is 2. The maximum absolute atomic E-state index is 13.4. The Morgan fingerprint density at radius 1 is 1.38 bits per heavy atom. The first kappa shape index (κ1) is 17.6. The van der Waals surface area contributed by atoms with Gasteiger partial charge in [-0.3, -0.25) is 9.69 Å². The zero-order chi connectivity index (χ0) is 15.8. The number of carbonyl (C=O) groups excluding carboxylic acids is 1. The predicted molar refractivity (Wildman–Crippen MR) is 80.5 cm³/mol. The summed E-state index contributed by atoms with van der Waals surface area (Å²) < 4.78 is 23.6. The third-order valence-corrected chi connectivity index (χ3v) is 3.61. The number of ether oxygens (including phenoxy) is 2. The van der Waals surface area contributed by atoms with E-state index in [0.717, 1.165) is 6.42 Å². The fourth-order valence-electron chi connectivity index (χ4n) is 2.09. The second kappa shape index (κ2) is 8.74. The van der Waals surface area contributed by atoms with Gasteiger partial charge in [-0.15, -0.1) is 0 Å². The van der Waals surface area contributed by atoms with Crippen molar-refractivity contribution in [2.24, 2.45) is 0 Å². The topological polar surface area (TPSA) is 38.8 Å². The molecule has 0 aliphatic carbocycles. The summed E-state index contributed by atoms with van der Waals surface area (Å²) in [4.78, 5) is 14.5. The molecule has 1 unspecified atom stereocenters. The van der Waals surface area contributed by atoms with Crippen molar-refractivity contribution in [3.63, 3.8) is 0 Å². The molecular formula is C16H24FNO3. The van der Waals surface area contributed by atoms with Crippen LogP contribution in [0.15, 0.2) is 18.2 Å². The van der Waals surface area contributed by atoms with E-state index >= 15 is 0 Å². The van der Waals surface area contributed by atoms with Crippen molar-refractivity contribution in [2.45, 2.75) is 26.3 Å². The van der Waals surface area contributed by atoms with Crippen molar-refractivity contribution in [3.05, 3.63) is 29.6 Å². The van der Waals surface area contributed by atoms with Gasteiger partial charge in [-0.25, -0.2) is 4.39 Å². The van der Waals surface area contributed by atoms with Gasteiger partial charge in [0, 0.05) is 19.7 Å². The quantitative estimate of drug-likeness (QED) is 0.657. The van der Waals surface area contributed by atoms with E-state index in [4.69, 9.17) is 9.47 Å². The number of rotatable bonds is 9. The Kier molecular flexibility index (Phi) is 7.32. The third kappa shape index (κ3) is 5.10. The summed E-state index contributed by atoms with van der Waals surface area (Å²) in [6.07, 6.45) is 0.928. The molecule has 0 aliphatic heterocycles. The normalized spacial score (nSPS) is 12.5. The van der Waals surface area contributed by atoms with Crippen molar-refractivity contribution in [1.82, 2.24) is 4.90 Å². The predicted octanol–water partition coefficient (Wildman–Crippen LogP) is 2.76. The van der Waals surface area contributed by atoms with Gasteiger partial charge in [0.25, 0.3) is 0 Å². The van der Waals surface area contributed by atoms with E-state index in [1.54, 1.807) is 7.11 Å². The van der Waals surface area contributed by atoms with Gasteiger partial charge in [0.1, 0.15) is 11.6 Å². The fraction of sp³-hybridized carbons (Fsp3) is 0.562. The fourth-order valence-corrected chi connectivity index (χ4v) is 2.09.